The largest absolute Gasteiger partial charge is 0.350 e. The van der Waals surface area contributed by atoms with Crippen LogP contribution in [0, 0.1) is 12.7 Å². The van der Waals surface area contributed by atoms with Gasteiger partial charge in [-0.25, -0.2) is 9.37 Å². The Bertz CT molecular complexity index is 1070. The Morgan fingerprint density at radius 3 is 2.39 bits per heavy atom. The standard InChI is InChI=1S/C25H29FN4O2S/c1-3-22(31)30-21(25(32)29-20(15-27)13-17-7-5-4-6-8-17)14-23-28-16(2)24(33-23)18-9-11-19(26)12-10-18/h4-12,20-21H,3,13-15,27H2,1-2H3,(H,29,32)(H,30,31)/t20-,21-/m0/s1. The van der Waals surface area contributed by atoms with Gasteiger partial charge in [-0.1, -0.05) is 49.4 Å². The lowest BCUT2D eigenvalue weighted by molar-refractivity contribution is -0.129. The zero-order chi connectivity index (χ0) is 23.8. The van der Waals surface area contributed by atoms with Crippen LogP contribution in [0.3, 0.4) is 0 Å². The minimum Gasteiger partial charge on any atom is -0.350 e. The number of thiazole rings is 1. The quantitative estimate of drug-likeness (QED) is 0.425. The topological polar surface area (TPSA) is 97.1 Å². The van der Waals surface area contributed by atoms with Crippen LogP contribution < -0.4 is 16.4 Å². The van der Waals surface area contributed by atoms with Crippen molar-refractivity contribution in [3.05, 3.63) is 76.7 Å². The lowest BCUT2D eigenvalue weighted by atomic mass is 10.1. The van der Waals surface area contributed by atoms with E-state index in [2.05, 4.69) is 15.6 Å². The Balaban J connectivity index is 1.75. The minimum absolute atomic E-state index is 0.213. The summed E-state index contributed by atoms with van der Waals surface area (Å²) in [6, 6.07) is 15.0. The Hall–Kier alpha value is -3.10. The van der Waals surface area contributed by atoms with Gasteiger partial charge in [0.05, 0.1) is 15.6 Å². The van der Waals surface area contributed by atoms with Crippen molar-refractivity contribution in [3.8, 4) is 10.4 Å². The molecule has 2 amide bonds. The number of amides is 2. The van der Waals surface area contributed by atoms with E-state index in [0.29, 0.717) is 6.42 Å². The molecule has 0 unspecified atom stereocenters. The third kappa shape index (κ3) is 6.94. The van der Waals surface area contributed by atoms with Gasteiger partial charge in [0.2, 0.25) is 11.8 Å². The Labute approximate surface area is 197 Å². The van der Waals surface area contributed by atoms with Crippen LogP contribution in [0.25, 0.3) is 10.4 Å². The third-order valence-corrected chi connectivity index (χ3v) is 6.48. The van der Waals surface area contributed by atoms with E-state index < -0.39 is 6.04 Å². The number of halogens is 1. The Morgan fingerprint density at radius 2 is 1.76 bits per heavy atom. The van der Waals surface area contributed by atoms with E-state index in [4.69, 9.17) is 5.73 Å². The smallest absolute Gasteiger partial charge is 0.243 e. The second-order valence-electron chi connectivity index (χ2n) is 7.84. The first-order chi connectivity index (χ1) is 15.9. The average Bonchev–Trinajstić information content (AvgIpc) is 3.19. The summed E-state index contributed by atoms with van der Waals surface area (Å²) in [6.07, 6.45) is 1.13. The molecule has 2 aromatic carbocycles. The van der Waals surface area contributed by atoms with Crippen molar-refractivity contribution in [1.29, 1.82) is 0 Å². The zero-order valence-corrected chi connectivity index (χ0v) is 19.6. The first-order valence-electron chi connectivity index (χ1n) is 11.0. The van der Waals surface area contributed by atoms with Crippen LogP contribution in [0.4, 0.5) is 4.39 Å². The molecule has 174 valence electrons. The van der Waals surface area contributed by atoms with Gasteiger partial charge < -0.3 is 16.4 Å². The number of aryl methyl sites for hydroxylation is 1. The molecular weight excluding hydrogens is 439 g/mol. The number of nitrogens with one attached hydrogen (secondary N) is 2. The fourth-order valence-electron chi connectivity index (χ4n) is 3.48. The fraction of sp³-hybridized carbons (Fsp3) is 0.320. The molecule has 0 fully saturated rings. The molecule has 2 atom stereocenters. The summed E-state index contributed by atoms with van der Waals surface area (Å²) in [4.78, 5) is 30.7. The zero-order valence-electron chi connectivity index (χ0n) is 18.8. The molecule has 1 heterocycles. The molecule has 0 radical (unpaired) electrons. The van der Waals surface area contributed by atoms with Crippen molar-refractivity contribution in [2.24, 2.45) is 5.73 Å². The maximum Gasteiger partial charge on any atom is 0.243 e. The summed E-state index contributed by atoms with van der Waals surface area (Å²) in [5.41, 5.74) is 8.64. The number of carbonyl (C=O) groups excluding carboxylic acids is 2. The van der Waals surface area contributed by atoms with Gasteiger partial charge in [0, 0.05) is 25.4 Å². The van der Waals surface area contributed by atoms with Gasteiger partial charge in [0.15, 0.2) is 0 Å². The van der Waals surface area contributed by atoms with Crippen molar-refractivity contribution < 1.29 is 14.0 Å². The highest BCUT2D eigenvalue weighted by Gasteiger charge is 2.25. The molecule has 33 heavy (non-hydrogen) atoms. The highest BCUT2D eigenvalue weighted by Crippen LogP contribution is 2.30. The van der Waals surface area contributed by atoms with Crippen molar-refractivity contribution in [2.75, 3.05) is 6.54 Å². The van der Waals surface area contributed by atoms with Crippen molar-refractivity contribution in [3.63, 3.8) is 0 Å². The predicted octanol–water partition coefficient (Wildman–Crippen LogP) is 3.38. The fourth-order valence-corrected chi connectivity index (χ4v) is 4.60. The number of aromatic nitrogens is 1. The van der Waals surface area contributed by atoms with Gasteiger partial charge >= 0.3 is 0 Å². The summed E-state index contributed by atoms with van der Waals surface area (Å²) >= 11 is 1.44. The number of hydrogen-bond acceptors (Lipinski definition) is 5. The van der Waals surface area contributed by atoms with E-state index in [9.17, 15) is 14.0 Å². The maximum atomic E-state index is 13.3. The van der Waals surface area contributed by atoms with Gasteiger partial charge in [0.1, 0.15) is 11.9 Å². The Morgan fingerprint density at radius 1 is 1.06 bits per heavy atom. The highest BCUT2D eigenvalue weighted by atomic mass is 32.1. The second-order valence-corrected chi connectivity index (χ2v) is 8.92. The molecule has 4 N–H and O–H groups in total. The number of nitrogens with two attached hydrogens (primary N) is 1. The van der Waals surface area contributed by atoms with E-state index >= 15 is 0 Å². The summed E-state index contributed by atoms with van der Waals surface area (Å²) < 4.78 is 13.3. The molecular formula is C25H29FN4O2S. The van der Waals surface area contributed by atoms with Crippen molar-refractivity contribution >= 4 is 23.2 Å². The normalized spacial score (nSPS) is 12.7. The van der Waals surface area contributed by atoms with E-state index in [1.54, 1.807) is 19.1 Å². The summed E-state index contributed by atoms with van der Waals surface area (Å²) in [6.45, 7) is 3.89. The van der Waals surface area contributed by atoms with E-state index in [1.807, 2.05) is 37.3 Å². The van der Waals surface area contributed by atoms with Crippen LogP contribution >= 0.6 is 11.3 Å². The summed E-state index contributed by atoms with van der Waals surface area (Å²) in [7, 11) is 0. The van der Waals surface area contributed by atoms with Crippen molar-refractivity contribution in [1.82, 2.24) is 15.6 Å². The molecule has 0 bridgehead atoms. The second kappa shape index (κ2) is 11.7. The predicted molar refractivity (Wildman–Crippen MR) is 129 cm³/mol. The lowest BCUT2D eigenvalue weighted by Gasteiger charge is -2.22. The van der Waals surface area contributed by atoms with Crippen molar-refractivity contribution in [2.45, 2.75) is 45.2 Å². The molecule has 0 spiro atoms. The summed E-state index contributed by atoms with van der Waals surface area (Å²) in [5.74, 6) is -0.806. The van der Waals surface area contributed by atoms with Crippen LogP contribution in [0.1, 0.15) is 29.6 Å². The third-order valence-electron chi connectivity index (χ3n) is 5.25. The van der Waals surface area contributed by atoms with Crippen LogP contribution in [0.2, 0.25) is 0 Å². The van der Waals surface area contributed by atoms with E-state index in [1.165, 1.54) is 23.5 Å². The highest BCUT2D eigenvalue weighted by molar-refractivity contribution is 7.15. The number of benzene rings is 2. The minimum atomic E-state index is -0.770. The molecule has 8 heteroatoms. The van der Waals surface area contributed by atoms with E-state index in [0.717, 1.165) is 26.7 Å². The monoisotopic (exact) mass is 468 g/mol. The van der Waals surface area contributed by atoms with Gasteiger partial charge in [-0.3, -0.25) is 9.59 Å². The lowest BCUT2D eigenvalue weighted by Crippen LogP contribution is -2.52. The van der Waals surface area contributed by atoms with Gasteiger partial charge in [0.25, 0.3) is 0 Å². The number of hydrogen-bond donors (Lipinski definition) is 3. The number of rotatable bonds is 10. The molecule has 0 aliphatic carbocycles. The van der Waals surface area contributed by atoms with Gasteiger partial charge in [-0.15, -0.1) is 11.3 Å². The number of carbonyl (C=O) groups is 2. The SMILES string of the molecule is CCC(=O)N[C@@H](Cc1nc(C)c(-c2ccc(F)cc2)s1)C(=O)N[C@H](CN)Cc1ccccc1. The molecule has 6 nitrogen and oxygen atoms in total. The van der Waals surface area contributed by atoms with Crippen LogP contribution in [-0.2, 0) is 22.4 Å². The molecule has 0 saturated carbocycles. The number of nitrogens with zero attached hydrogens (tertiary/aromatic N) is 1. The molecule has 0 aliphatic heterocycles. The van der Waals surface area contributed by atoms with Gasteiger partial charge in [-0.05, 0) is 36.6 Å². The molecule has 1 aromatic heterocycles. The summed E-state index contributed by atoms with van der Waals surface area (Å²) in [5, 5.41) is 6.51. The molecule has 0 saturated heterocycles. The van der Waals surface area contributed by atoms with Gasteiger partial charge in [-0.2, -0.15) is 0 Å². The maximum absolute atomic E-state index is 13.3. The Kier molecular flexibility index (Phi) is 8.68. The first-order valence-corrected chi connectivity index (χ1v) is 11.8. The molecule has 3 aromatic rings. The average molecular weight is 469 g/mol. The molecule has 0 aliphatic rings. The van der Waals surface area contributed by atoms with Crippen LogP contribution in [0.5, 0.6) is 0 Å². The van der Waals surface area contributed by atoms with Crippen LogP contribution in [-0.4, -0.2) is 35.4 Å². The van der Waals surface area contributed by atoms with E-state index in [-0.39, 0.29) is 43.1 Å². The molecule has 3 rings (SSSR count). The van der Waals surface area contributed by atoms with Crippen LogP contribution in [0.15, 0.2) is 54.6 Å². The first kappa shape index (κ1) is 24.5.